The van der Waals surface area contributed by atoms with Crippen molar-refractivity contribution in [1.29, 1.82) is 0 Å². The fourth-order valence-corrected chi connectivity index (χ4v) is 7.69. The van der Waals surface area contributed by atoms with Gasteiger partial charge in [0.05, 0.1) is 21.5 Å². The number of fused-ring (bicyclic) bond motifs is 7. The van der Waals surface area contributed by atoms with Gasteiger partial charge < -0.3 is 9.32 Å². The minimum Gasteiger partial charge on any atom is -0.456 e. The summed E-state index contributed by atoms with van der Waals surface area (Å²) in [6.07, 6.45) is 0. The van der Waals surface area contributed by atoms with E-state index >= 15 is 0 Å². The molecule has 2 heterocycles. The summed E-state index contributed by atoms with van der Waals surface area (Å²) in [7, 11) is 0. The van der Waals surface area contributed by atoms with Crippen molar-refractivity contribution in [3.05, 3.63) is 152 Å². The summed E-state index contributed by atoms with van der Waals surface area (Å²) < 4.78 is 9.07. The van der Waals surface area contributed by atoms with E-state index in [4.69, 9.17) is 4.42 Å². The number of benzene rings is 7. The Morgan fingerprint density at radius 1 is 0.488 bits per heavy atom. The molecule has 0 radical (unpaired) electrons. The van der Waals surface area contributed by atoms with Crippen molar-refractivity contribution in [3.8, 4) is 11.1 Å². The lowest BCUT2D eigenvalue weighted by molar-refractivity contribution is 0.669. The van der Waals surface area contributed by atoms with E-state index in [0.29, 0.717) is 0 Å². The van der Waals surface area contributed by atoms with Gasteiger partial charge in [0.2, 0.25) is 0 Å². The number of furan rings is 1. The van der Waals surface area contributed by atoms with Crippen LogP contribution in [-0.2, 0) is 0 Å². The molecule has 9 rings (SSSR count). The highest BCUT2D eigenvalue weighted by Crippen LogP contribution is 2.50. The van der Waals surface area contributed by atoms with Gasteiger partial charge in [0.15, 0.2) is 0 Å². The van der Waals surface area contributed by atoms with E-state index in [2.05, 4.69) is 150 Å². The van der Waals surface area contributed by atoms with Crippen LogP contribution in [-0.4, -0.2) is 0 Å². The second-order valence-corrected chi connectivity index (χ2v) is 12.0. The van der Waals surface area contributed by atoms with Crippen LogP contribution in [0.5, 0.6) is 0 Å². The smallest absolute Gasteiger partial charge is 0.138 e. The van der Waals surface area contributed by atoms with Crippen LogP contribution in [0.1, 0.15) is 0 Å². The molecule has 0 spiro atoms. The van der Waals surface area contributed by atoms with E-state index in [9.17, 15) is 0 Å². The van der Waals surface area contributed by atoms with Crippen molar-refractivity contribution >= 4 is 81.3 Å². The maximum Gasteiger partial charge on any atom is 0.138 e. The normalized spacial score (nSPS) is 11.7. The Morgan fingerprint density at radius 2 is 1.16 bits per heavy atom. The molecule has 43 heavy (non-hydrogen) atoms. The molecule has 2 nitrogen and oxygen atoms in total. The van der Waals surface area contributed by atoms with E-state index in [0.717, 1.165) is 44.4 Å². The molecule has 0 bridgehead atoms. The number of thiophene rings is 1. The summed E-state index contributed by atoms with van der Waals surface area (Å²) in [5.41, 5.74) is 7.59. The molecule has 0 aliphatic carbocycles. The van der Waals surface area contributed by atoms with Crippen molar-refractivity contribution in [2.75, 3.05) is 4.90 Å². The summed E-state index contributed by atoms with van der Waals surface area (Å²) in [6.45, 7) is 0. The van der Waals surface area contributed by atoms with Crippen LogP contribution in [0.15, 0.2) is 156 Å². The number of anilines is 3. The van der Waals surface area contributed by atoms with Gasteiger partial charge in [-0.25, -0.2) is 0 Å². The minimum atomic E-state index is 0.893. The first-order chi connectivity index (χ1) is 21.3. The topological polar surface area (TPSA) is 16.4 Å². The van der Waals surface area contributed by atoms with Crippen LogP contribution < -0.4 is 4.90 Å². The highest BCUT2D eigenvalue weighted by molar-refractivity contribution is 7.26. The molecule has 202 valence electrons. The predicted octanol–water partition coefficient (Wildman–Crippen LogP) is 12.2. The molecular weight excluding hydrogens is 543 g/mol. The lowest BCUT2D eigenvalue weighted by Crippen LogP contribution is -2.11. The van der Waals surface area contributed by atoms with Gasteiger partial charge in [-0.15, -0.1) is 11.3 Å². The zero-order valence-electron chi connectivity index (χ0n) is 23.2. The molecule has 0 N–H and O–H groups in total. The first-order valence-electron chi connectivity index (χ1n) is 14.5. The summed E-state index contributed by atoms with van der Waals surface area (Å²) in [5.74, 6) is 0. The Balaban J connectivity index is 1.41. The van der Waals surface area contributed by atoms with Gasteiger partial charge in [0.25, 0.3) is 0 Å². The summed E-state index contributed by atoms with van der Waals surface area (Å²) >= 11 is 1.86. The molecule has 0 saturated carbocycles. The molecule has 0 fully saturated rings. The maximum absolute atomic E-state index is 6.51. The Hall–Kier alpha value is -5.38. The third-order valence-corrected chi connectivity index (χ3v) is 9.65. The Kier molecular flexibility index (Phi) is 5.40. The molecule has 0 aliphatic rings. The molecule has 0 aliphatic heterocycles. The van der Waals surface area contributed by atoms with E-state index in [-0.39, 0.29) is 0 Å². The van der Waals surface area contributed by atoms with Gasteiger partial charge in [-0.3, -0.25) is 0 Å². The summed E-state index contributed by atoms with van der Waals surface area (Å²) in [6, 6.07) is 54.2. The first kappa shape index (κ1) is 24.2. The number of hydrogen-bond donors (Lipinski definition) is 0. The largest absolute Gasteiger partial charge is 0.456 e. The van der Waals surface area contributed by atoms with Crippen molar-refractivity contribution in [3.63, 3.8) is 0 Å². The number of nitrogens with zero attached hydrogens (tertiary/aromatic N) is 1. The van der Waals surface area contributed by atoms with Gasteiger partial charge in [-0.2, -0.15) is 0 Å². The molecule has 0 atom stereocenters. The lowest BCUT2D eigenvalue weighted by atomic mass is 10.00. The number of para-hydroxylation sites is 1. The molecule has 3 heteroatoms. The number of rotatable bonds is 4. The third-order valence-electron chi connectivity index (χ3n) is 8.44. The molecular formula is C40H25NOS. The van der Waals surface area contributed by atoms with Gasteiger partial charge in [-0.05, 0) is 52.9 Å². The lowest BCUT2D eigenvalue weighted by Gasteiger charge is -2.28. The second kappa shape index (κ2) is 9.59. The minimum absolute atomic E-state index is 0.893. The van der Waals surface area contributed by atoms with E-state index in [1.807, 2.05) is 17.4 Å². The average Bonchev–Trinajstić information content (AvgIpc) is 3.64. The quantitative estimate of drug-likeness (QED) is 0.210. The van der Waals surface area contributed by atoms with Gasteiger partial charge >= 0.3 is 0 Å². The highest BCUT2D eigenvalue weighted by Gasteiger charge is 2.24. The molecule has 2 aromatic heterocycles. The van der Waals surface area contributed by atoms with Crippen LogP contribution >= 0.6 is 11.3 Å². The van der Waals surface area contributed by atoms with Crippen molar-refractivity contribution < 1.29 is 4.42 Å². The van der Waals surface area contributed by atoms with Gasteiger partial charge in [-0.1, -0.05) is 115 Å². The van der Waals surface area contributed by atoms with E-state index in [1.54, 1.807) is 0 Å². The Labute approximate surface area is 252 Å². The van der Waals surface area contributed by atoms with Crippen LogP contribution in [0.2, 0.25) is 0 Å². The SMILES string of the molecule is c1ccc(-c2ccc(N(c3cccc4c3sc3ccccc34)c3c4ccccc4cc4oc5ccccc5c34)cc2)cc1. The van der Waals surface area contributed by atoms with Crippen LogP contribution in [0.3, 0.4) is 0 Å². The Bertz CT molecular complexity index is 2450. The molecule has 9 aromatic rings. The molecule has 0 saturated heterocycles. The number of hydrogen-bond acceptors (Lipinski definition) is 3. The first-order valence-corrected chi connectivity index (χ1v) is 15.3. The molecule has 0 amide bonds. The van der Waals surface area contributed by atoms with Crippen LogP contribution in [0, 0.1) is 0 Å². The zero-order chi connectivity index (χ0) is 28.3. The maximum atomic E-state index is 6.51. The fraction of sp³-hybridized carbons (Fsp3) is 0. The fourth-order valence-electron chi connectivity index (χ4n) is 6.49. The predicted molar refractivity (Wildman–Crippen MR) is 184 cm³/mol. The standard InChI is InChI=1S/C40H25NOS/c1-2-11-26(12-3-1)27-21-23-29(24-22-27)41(34-18-10-17-32-31-15-7-9-20-37(31)43-40(32)34)39-30-14-5-4-13-28(30)25-36-38(39)33-16-6-8-19-35(33)42-36/h1-25H. The second-order valence-electron chi connectivity index (χ2n) is 10.9. The molecule has 7 aromatic carbocycles. The third kappa shape index (κ3) is 3.79. The highest BCUT2D eigenvalue weighted by atomic mass is 32.1. The van der Waals surface area contributed by atoms with E-state index < -0.39 is 0 Å². The van der Waals surface area contributed by atoms with Crippen LogP contribution in [0.4, 0.5) is 17.1 Å². The van der Waals surface area contributed by atoms with Crippen molar-refractivity contribution in [2.45, 2.75) is 0 Å². The van der Waals surface area contributed by atoms with Crippen LogP contribution in [0.25, 0.3) is 64.0 Å². The van der Waals surface area contributed by atoms with Crippen molar-refractivity contribution in [2.24, 2.45) is 0 Å². The zero-order valence-corrected chi connectivity index (χ0v) is 24.0. The van der Waals surface area contributed by atoms with Gasteiger partial charge in [0.1, 0.15) is 11.2 Å². The average molecular weight is 568 g/mol. The van der Waals surface area contributed by atoms with E-state index in [1.165, 1.54) is 36.7 Å². The summed E-state index contributed by atoms with van der Waals surface area (Å²) in [5, 5.41) is 7.15. The monoisotopic (exact) mass is 567 g/mol. The summed E-state index contributed by atoms with van der Waals surface area (Å²) in [4.78, 5) is 2.46. The Morgan fingerprint density at radius 3 is 2.02 bits per heavy atom. The molecule has 0 unspecified atom stereocenters. The van der Waals surface area contributed by atoms with Crippen molar-refractivity contribution in [1.82, 2.24) is 0 Å². The van der Waals surface area contributed by atoms with Gasteiger partial charge in [0, 0.05) is 31.9 Å².